The van der Waals surface area contributed by atoms with Gasteiger partial charge in [0.15, 0.2) is 0 Å². The van der Waals surface area contributed by atoms with Gasteiger partial charge in [-0.05, 0) is 61.6 Å². The molecule has 2 aromatic carbocycles. The number of benzene rings is 2. The predicted octanol–water partition coefficient (Wildman–Crippen LogP) is 4.71. The number of hydrogen-bond acceptors (Lipinski definition) is 4. The number of amides is 2. The van der Waals surface area contributed by atoms with E-state index in [1.54, 1.807) is 18.2 Å². The van der Waals surface area contributed by atoms with Crippen molar-refractivity contribution in [3.8, 4) is 0 Å². The van der Waals surface area contributed by atoms with Gasteiger partial charge in [-0.25, -0.2) is 8.42 Å². The number of carbonyl (C=O) groups is 2. The minimum absolute atomic E-state index is 0.0651. The van der Waals surface area contributed by atoms with E-state index in [-0.39, 0.29) is 37.7 Å². The zero-order valence-electron chi connectivity index (χ0n) is 20.8. The summed E-state index contributed by atoms with van der Waals surface area (Å²) in [6.45, 7) is 5.85. The van der Waals surface area contributed by atoms with E-state index in [0.717, 1.165) is 17.4 Å². The minimum Gasteiger partial charge on any atom is -0.357 e. The summed E-state index contributed by atoms with van der Waals surface area (Å²) in [5, 5.41) is 3.49. The summed E-state index contributed by atoms with van der Waals surface area (Å²) in [4.78, 5) is 27.4. The maximum atomic E-state index is 13.3. The van der Waals surface area contributed by atoms with E-state index in [2.05, 4.69) is 5.32 Å². The van der Waals surface area contributed by atoms with Crippen molar-refractivity contribution in [1.29, 1.82) is 0 Å². The van der Waals surface area contributed by atoms with E-state index in [1.807, 2.05) is 39.0 Å². The number of aryl methyl sites for hydroxylation is 2. The lowest BCUT2D eigenvalue weighted by Gasteiger charge is -2.31. The first kappa shape index (κ1) is 28.9. The van der Waals surface area contributed by atoms with Gasteiger partial charge < -0.3 is 10.2 Å². The van der Waals surface area contributed by atoms with E-state index in [4.69, 9.17) is 23.2 Å². The van der Waals surface area contributed by atoms with Crippen LogP contribution in [0.3, 0.4) is 0 Å². The Kier molecular flexibility index (Phi) is 10.4. The summed E-state index contributed by atoms with van der Waals surface area (Å²) in [6, 6.07) is 9.94. The highest BCUT2D eigenvalue weighted by Crippen LogP contribution is 2.26. The summed E-state index contributed by atoms with van der Waals surface area (Å²) >= 11 is 12.3. The number of nitrogens with one attached hydrogen (secondary N) is 1. The van der Waals surface area contributed by atoms with Crippen LogP contribution >= 0.6 is 23.2 Å². The van der Waals surface area contributed by atoms with Crippen molar-refractivity contribution >= 4 is 50.7 Å². The molecule has 1 N–H and O–H groups in total. The lowest BCUT2D eigenvalue weighted by molar-refractivity contribution is -0.141. The SMILES string of the molecule is CC[C@@H](C(=O)NC)N(Cc1ccc(Cl)cc1Cl)C(=O)CCCN(c1cc(C)ccc1C)S(C)(=O)=O. The predicted molar refractivity (Wildman–Crippen MR) is 142 cm³/mol. The van der Waals surface area contributed by atoms with E-state index in [0.29, 0.717) is 27.7 Å². The first-order valence-electron chi connectivity index (χ1n) is 11.4. The van der Waals surface area contributed by atoms with E-state index >= 15 is 0 Å². The Labute approximate surface area is 218 Å². The van der Waals surface area contributed by atoms with Crippen molar-refractivity contribution in [1.82, 2.24) is 10.2 Å². The van der Waals surface area contributed by atoms with Crippen LogP contribution in [0.2, 0.25) is 10.0 Å². The second-order valence-electron chi connectivity index (χ2n) is 8.52. The molecule has 0 radical (unpaired) electrons. The van der Waals surface area contributed by atoms with Crippen LogP contribution in [0.1, 0.15) is 42.9 Å². The third-order valence-electron chi connectivity index (χ3n) is 5.77. The molecule has 35 heavy (non-hydrogen) atoms. The van der Waals surface area contributed by atoms with E-state index in [9.17, 15) is 18.0 Å². The smallest absolute Gasteiger partial charge is 0.242 e. The van der Waals surface area contributed by atoms with Gasteiger partial charge in [0.25, 0.3) is 0 Å². The summed E-state index contributed by atoms with van der Waals surface area (Å²) in [5.41, 5.74) is 3.04. The average molecular weight is 543 g/mol. The number of carbonyl (C=O) groups excluding carboxylic acids is 2. The van der Waals surface area contributed by atoms with Gasteiger partial charge in [0.2, 0.25) is 21.8 Å². The molecule has 10 heteroatoms. The van der Waals surface area contributed by atoms with Crippen LogP contribution in [0.4, 0.5) is 5.69 Å². The molecule has 0 fully saturated rings. The van der Waals surface area contributed by atoms with Gasteiger partial charge in [0, 0.05) is 36.6 Å². The Hall–Kier alpha value is -2.29. The third-order valence-corrected chi connectivity index (χ3v) is 7.54. The zero-order valence-corrected chi connectivity index (χ0v) is 23.1. The second kappa shape index (κ2) is 12.6. The molecule has 0 unspecified atom stereocenters. The molecule has 0 aliphatic rings. The van der Waals surface area contributed by atoms with Gasteiger partial charge >= 0.3 is 0 Å². The molecular weight excluding hydrogens is 509 g/mol. The summed E-state index contributed by atoms with van der Waals surface area (Å²) in [6.07, 6.45) is 1.92. The number of rotatable bonds is 11. The monoisotopic (exact) mass is 541 g/mol. The van der Waals surface area contributed by atoms with Crippen molar-refractivity contribution in [2.45, 2.75) is 52.6 Å². The maximum absolute atomic E-state index is 13.3. The number of anilines is 1. The van der Waals surface area contributed by atoms with Crippen LogP contribution in [-0.2, 0) is 26.2 Å². The zero-order chi connectivity index (χ0) is 26.3. The van der Waals surface area contributed by atoms with Crippen LogP contribution in [0.15, 0.2) is 36.4 Å². The molecule has 2 amide bonds. The third kappa shape index (κ3) is 7.85. The highest BCUT2D eigenvalue weighted by atomic mass is 35.5. The van der Waals surface area contributed by atoms with Gasteiger partial charge in [-0.1, -0.05) is 48.3 Å². The summed E-state index contributed by atoms with van der Waals surface area (Å²) in [7, 11) is -2.03. The van der Waals surface area contributed by atoms with Crippen molar-refractivity contribution in [3.05, 3.63) is 63.1 Å². The van der Waals surface area contributed by atoms with Crippen LogP contribution in [-0.4, -0.2) is 51.0 Å². The first-order valence-corrected chi connectivity index (χ1v) is 14.0. The van der Waals surface area contributed by atoms with Gasteiger partial charge in [0.05, 0.1) is 11.9 Å². The molecule has 7 nitrogen and oxygen atoms in total. The Morgan fingerprint density at radius 2 is 1.77 bits per heavy atom. The van der Waals surface area contributed by atoms with E-state index in [1.165, 1.54) is 16.3 Å². The molecule has 2 aromatic rings. The fourth-order valence-electron chi connectivity index (χ4n) is 3.89. The van der Waals surface area contributed by atoms with Gasteiger partial charge in [0.1, 0.15) is 6.04 Å². The Bertz CT molecular complexity index is 1170. The fraction of sp³-hybridized carbons (Fsp3) is 0.440. The maximum Gasteiger partial charge on any atom is 0.242 e. The van der Waals surface area contributed by atoms with Crippen LogP contribution in [0.5, 0.6) is 0 Å². The van der Waals surface area contributed by atoms with E-state index < -0.39 is 16.1 Å². The van der Waals surface area contributed by atoms with Crippen LogP contribution in [0.25, 0.3) is 0 Å². The molecule has 0 heterocycles. The van der Waals surface area contributed by atoms with Gasteiger partial charge in [-0.3, -0.25) is 13.9 Å². The minimum atomic E-state index is -3.56. The molecule has 0 spiro atoms. The number of halogens is 2. The molecule has 0 aromatic heterocycles. The van der Waals surface area contributed by atoms with Gasteiger partial charge in [-0.15, -0.1) is 0 Å². The quantitative estimate of drug-likeness (QED) is 0.446. The van der Waals surface area contributed by atoms with Gasteiger partial charge in [-0.2, -0.15) is 0 Å². The second-order valence-corrected chi connectivity index (χ2v) is 11.3. The van der Waals surface area contributed by atoms with Crippen molar-refractivity contribution < 1.29 is 18.0 Å². The normalized spacial score (nSPS) is 12.2. The summed E-state index contributed by atoms with van der Waals surface area (Å²) in [5.74, 6) is -0.542. The van der Waals surface area contributed by atoms with Crippen molar-refractivity contribution in [2.75, 3.05) is 24.2 Å². The molecule has 0 saturated carbocycles. The Balaban J connectivity index is 2.26. The molecule has 192 valence electrons. The number of nitrogens with zero attached hydrogens (tertiary/aromatic N) is 2. The highest BCUT2D eigenvalue weighted by Gasteiger charge is 2.29. The molecule has 0 saturated heterocycles. The van der Waals surface area contributed by atoms with Crippen molar-refractivity contribution in [3.63, 3.8) is 0 Å². The molecule has 1 atom stereocenters. The Morgan fingerprint density at radius 1 is 1.09 bits per heavy atom. The molecule has 2 rings (SSSR count). The number of likely N-dealkylation sites (N-methyl/N-ethyl adjacent to an activating group) is 1. The number of hydrogen-bond donors (Lipinski definition) is 1. The fourth-order valence-corrected chi connectivity index (χ4v) is 5.37. The van der Waals surface area contributed by atoms with Crippen molar-refractivity contribution in [2.24, 2.45) is 0 Å². The van der Waals surface area contributed by atoms with Crippen LogP contribution < -0.4 is 9.62 Å². The topological polar surface area (TPSA) is 86.8 Å². The lowest BCUT2D eigenvalue weighted by Crippen LogP contribution is -2.48. The summed E-state index contributed by atoms with van der Waals surface area (Å²) < 4.78 is 26.4. The Morgan fingerprint density at radius 3 is 2.34 bits per heavy atom. The highest BCUT2D eigenvalue weighted by molar-refractivity contribution is 7.92. The largest absolute Gasteiger partial charge is 0.357 e. The molecule has 0 aliphatic heterocycles. The average Bonchev–Trinajstić information content (AvgIpc) is 2.78. The molecule has 0 bridgehead atoms. The molecular formula is C25H33Cl2N3O4S. The first-order chi connectivity index (χ1) is 16.4. The van der Waals surface area contributed by atoms with Crippen LogP contribution in [0, 0.1) is 13.8 Å². The number of sulfonamides is 1. The molecule has 0 aliphatic carbocycles. The standard InChI is InChI=1S/C25H33Cl2N3O4S/c1-6-22(25(32)28-4)29(16-19-11-12-20(26)15-21(19)27)24(31)8-7-13-30(35(5,33)34)23-14-17(2)9-10-18(23)3/h9-12,14-15,22H,6-8,13,16H2,1-5H3,(H,28,32)/t22-/m0/s1. The lowest BCUT2D eigenvalue weighted by atomic mass is 10.1.